The third-order valence-electron chi connectivity index (χ3n) is 3.49. The van der Waals surface area contributed by atoms with Crippen LogP contribution in [0.4, 0.5) is 11.5 Å². The van der Waals surface area contributed by atoms with E-state index >= 15 is 0 Å². The summed E-state index contributed by atoms with van der Waals surface area (Å²) in [5, 5.41) is 2.91. The molecule has 2 heterocycles. The van der Waals surface area contributed by atoms with Gasteiger partial charge in [-0.1, -0.05) is 13.0 Å². The van der Waals surface area contributed by atoms with Gasteiger partial charge < -0.3 is 5.32 Å². The third-order valence-corrected chi connectivity index (χ3v) is 6.02. The standard InChI is InChI=1S/C16H17N3O3S2/c1-10-3-6-15(17-9-10)19-24(21,22)12-4-5-14-13(8-12)18-16(20)7-11(2)23-14/h3-6,8-9,11H,7H2,1-2H3,(H,17,19)(H,18,20). The van der Waals surface area contributed by atoms with Crippen molar-refractivity contribution in [3.8, 4) is 0 Å². The molecule has 1 aliphatic rings. The number of carbonyl (C=O) groups excluding carboxylic acids is 1. The van der Waals surface area contributed by atoms with Crippen molar-refractivity contribution in [3.05, 3.63) is 42.1 Å². The first-order valence-corrected chi connectivity index (χ1v) is 9.76. The number of hydrogen-bond donors (Lipinski definition) is 2. The second-order valence-electron chi connectivity index (χ2n) is 5.67. The van der Waals surface area contributed by atoms with E-state index in [4.69, 9.17) is 0 Å². The maximum atomic E-state index is 12.5. The van der Waals surface area contributed by atoms with Gasteiger partial charge >= 0.3 is 0 Å². The van der Waals surface area contributed by atoms with Gasteiger partial charge in [-0.2, -0.15) is 0 Å². The zero-order valence-corrected chi connectivity index (χ0v) is 14.9. The predicted octanol–water partition coefficient (Wildman–Crippen LogP) is 3.01. The number of carbonyl (C=O) groups is 1. The summed E-state index contributed by atoms with van der Waals surface area (Å²) in [5.41, 5.74) is 1.46. The van der Waals surface area contributed by atoms with Crippen molar-refractivity contribution in [2.75, 3.05) is 10.0 Å². The van der Waals surface area contributed by atoms with Gasteiger partial charge in [0, 0.05) is 22.8 Å². The Bertz CT molecular complexity index is 880. The molecule has 2 N–H and O–H groups in total. The summed E-state index contributed by atoms with van der Waals surface area (Å²) in [4.78, 5) is 16.8. The molecule has 0 aliphatic carbocycles. The summed E-state index contributed by atoms with van der Waals surface area (Å²) in [6.45, 7) is 3.84. The van der Waals surface area contributed by atoms with Crippen molar-refractivity contribution in [1.29, 1.82) is 0 Å². The van der Waals surface area contributed by atoms with Crippen LogP contribution in [0.2, 0.25) is 0 Å². The number of nitrogens with one attached hydrogen (secondary N) is 2. The maximum absolute atomic E-state index is 12.5. The van der Waals surface area contributed by atoms with Crippen LogP contribution in [0.25, 0.3) is 0 Å². The summed E-state index contributed by atoms with van der Waals surface area (Å²) in [5.74, 6) is 0.138. The second-order valence-corrected chi connectivity index (χ2v) is 8.83. The quantitative estimate of drug-likeness (QED) is 0.875. The second kappa shape index (κ2) is 6.45. The first kappa shape index (κ1) is 16.8. The number of fused-ring (bicyclic) bond motifs is 1. The van der Waals surface area contributed by atoms with Gasteiger partial charge in [0.25, 0.3) is 10.0 Å². The summed E-state index contributed by atoms with van der Waals surface area (Å²) in [7, 11) is -3.78. The lowest BCUT2D eigenvalue weighted by atomic mass is 10.3. The van der Waals surface area contributed by atoms with Crippen molar-refractivity contribution in [2.45, 2.75) is 35.3 Å². The highest BCUT2D eigenvalue weighted by atomic mass is 32.2. The van der Waals surface area contributed by atoms with E-state index in [-0.39, 0.29) is 21.9 Å². The van der Waals surface area contributed by atoms with Crippen LogP contribution >= 0.6 is 11.8 Å². The predicted molar refractivity (Wildman–Crippen MR) is 94.8 cm³/mol. The molecule has 8 heteroatoms. The number of aryl methyl sites for hydroxylation is 1. The van der Waals surface area contributed by atoms with Gasteiger partial charge in [-0.3, -0.25) is 9.52 Å². The first-order valence-electron chi connectivity index (χ1n) is 7.39. The van der Waals surface area contributed by atoms with Crippen molar-refractivity contribution in [1.82, 2.24) is 4.98 Å². The lowest BCUT2D eigenvalue weighted by molar-refractivity contribution is -0.116. The maximum Gasteiger partial charge on any atom is 0.263 e. The van der Waals surface area contributed by atoms with Crippen LogP contribution in [-0.4, -0.2) is 24.6 Å². The number of sulfonamides is 1. The molecular formula is C16H17N3O3S2. The summed E-state index contributed by atoms with van der Waals surface area (Å²) < 4.78 is 27.5. The van der Waals surface area contributed by atoms with E-state index in [2.05, 4.69) is 15.0 Å². The lowest BCUT2D eigenvalue weighted by Gasteiger charge is -2.11. The molecule has 0 saturated carbocycles. The van der Waals surface area contributed by atoms with Crippen LogP contribution in [0, 0.1) is 6.92 Å². The van der Waals surface area contributed by atoms with E-state index in [0.29, 0.717) is 12.1 Å². The van der Waals surface area contributed by atoms with E-state index in [0.717, 1.165) is 10.5 Å². The van der Waals surface area contributed by atoms with Gasteiger partial charge in [0.2, 0.25) is 5.91 Å². The molecule has 2 aromatic rings. The van der Waals surface area contributed by atoms with Gasteiger partial charge in [-0.25, -0.2) is 13.4 Å². The molecule has 1 aliphatic heterocycles. The fraction of sp³-hybridized carbons (Fsp3) is 0.250. The van der Waals surface area contributed by atoms with Crippen molar-refractivity contribution < 1.29 is 13.2 Å². The van der Waals surface area contributed by atoms with E-state index in [1.807, 2.05) is 13.8 Å². The fourth-order valence-electron chi connectivity index (χ4n) is 2.32. The van der Waals surface area contributed by atoms with Crippen molar-refractivity contribution in [3.63, 3.8) is 0 Å². The molecule has 1 atom stereocenters. The monoisotopic (exact) mass is 363 g/mol. The SMILES string of the molecule is Cc1ccc(NS(=O)(=O)c2ccc3c(c2)NC(=O)CC(C)S3)nc1. The Balaban J connectivity index is 1.91. The Morgan fingerprint density at radius 1 is 1.29 bits per heavy atom. The Hall–Kier alpha value is -2.06. The lowest BCUT2D eigenvalue weighted by Crippen LogP contribution is -2.15. The minimum Gasteiger partial charge on any atom is -0.325 e. The Morgan fingerprint density at radius 2 is 2.08 bits per heavy atom. The van der Waals surface area contributed by atoms with Gasteiger partial charge in [-0.15, -0.1) is 11.8 Å². The number of anilines is 2. The molecular weight excluding hydrogens is 346 g/mol. The molecule has 1 aromatic heterocycles. The van der Waals surface area contributed by atoms with Crippen LogP contribution in [0.15, 0.2) is 46.3 Å². The van der Waals surface area contributed by atoms with Gasteiger partial charge in [0.15, 0.2) is 0 Å². The Kier molecular flexibility index (Phi) is 4.51. The molecule has 24 heavy (non-hydrogen) atoms. The summed E-state index contributed by atoms with van der Waals surface area (Å²) >= 11 is 1.55. The molecule has 3 rings (SSSR count). The number of thioether (sulfide) groups is 1. The largest absolute Gasteiger partial charge is 0.325 e. The van der Waals surface area contributed by atoms with Crippen LogP contribution in [-0.2, 0) is 14.8 Å². The molecule has 126 valence electrons. The Labute approximate surface area is 145 Å². The van der Waals surface area contributed by atoms with E-state index < -0.39 is 10.0 Å². The minimum absolute atomic E-state index is 0.0825. The number of pyridine rings is 1. The topological polar surface area (TPSA) is 88.2 Å². The van der Waals surface area contributed by atoms with Crippen LogP contribution in [0.3, 0.4) is 0 Å². The molecule has 0 spiro atoms. The highest BCUT2D eigenvalue weighted by Crippen LogP contribution is 2.36. The average Bonchev–Trinajstić information content (AvgIpc) is 2.64. The van der Waals surface area contributed by atoms with Crippen LogP contribution in [0.5, 0.6) is 0 Å². The average molecular weight is 363 g/mol. The number of hydrogen-bond acceptors (Lipinski definition) is 5. The molecule has 0 fully saturated rings. The highest BCUT2D eigenvalue weighted by Gasteiger charge is 2.22. The smallest absolute Gasteiger partial charge is 0.263 e. The summed E-state index contributed by atoms with van der Waals surface area (Å²) in [6, 6.07) is 8.12. The zero-order valence-electron chi connectivity index (χ0n) is 13.2. The number of benzene rings is 1. The molecule has 0 radical (unpaired) electrons. The molecule has 0 saturated heterocycles. The molecule has 1 aromatic carbocycles. The molecule has 1 unspecified atom stereocenters. The number of nitrogens with zero attached hydrogens (tertiary/aromatic N) is 1. The van der Waals surface area contributed by atoms with Crippen molar-refractivity contribution in [2.24, 2.45) is 0 Å². The number of aromatic nitrogens is 1. The molecule has 6 nitrogen and oxygen atoms in total. The molecule has 1 amide bonds. The normalized spacial score (nSPS) is 17.6. The first-order chi connectivity index (χ1) is 11.3. The summed E-state index contributed by atoms with van der Waals surface area (Å²) in [6.07, 6.45) is 1.99. The fourth-order valence-corrected chi connectivity index (χ4v) is 4.41. The van der Waals surface area contributed by atoms with E-state index in [9.17, 15) is 13.2 Å². The van der Waals surface area contributed by atoms with Gasteiger partial charge in [0.1, 0.15) is 5.82 Å². The van der Waals surface area contributed by atoms with Crippen LogP contribution in [0.1, 0.15) is 18.9 Å². The van der Waals surface area contributed by atoms with Crippen LogP contribution < -0.4 is 10.0 Å². The zero-order chi connectivity index (χ0) is 17.3. The third kappa shape index (κ3) is 3.70. The Morgan fingerprint density at radius 3 is 2.79 bits per heavy atom. The van der Waals surface area contributed by atoms with E-state index in [1.165, 1.54) is 12.1 Å². The van der Waals surface area contributed by atoms with Crippen molar-refractivity contribution >= 4 is 39.2 Å². The highest BCUT2D eigenvalue weighted by molar-refractivity contribution is 8.00. The number of amides is 1. The number of rotatable bonds is 3. The minimum atomic E-state index is -3.78. The van der Waals surface area contributed by atoms with E-state index in [1.54, 1.807) is 36.2 Å². The van der Waals surface area contributed by atoms with Gasteiger partial charge in [0.05, 0.1) is 10.6 Å². The van der Waals surface area contributed by atoms with Gasteiger partial charge in [-0.05, 0) is 36.8 Å². The molecule has 0 bridgehead atoms.